The van der Waals surface area contributed by atoms with Crippen molar-refractivity contribution >= 4 is 11.6 Å². The topological polar surface area (TPSA) is 62.1 Å². The van der Waals surface area contributed by atoms with Crippen LogP contribution >= 0.6 is 0 Å². The number of carbonyl (C=O) groups excluding carboxylic acids is 1. The number of nitrogens with zero attached hydrogens (tertiary/aromatic N) is 1. The molecule has 1 N–H and O–H groups in total. The lowest BCUT2D eigenvalue weighted by atomic mass is 9.94. The first-order valence-corrected chi connectivity index (χ1v) is 6.12. The SMILES string of the molecule is COc1c(C)c(C)cc(C)c1NC(=O)C(C)(C)C#N. The zero-order valence-corrected chi connectivity index (χ0v) is 12.3. The highest BCUT2D eigenvalue weighted by molar-refractivity contribution is 5.98. The molecule has 0 bridgehead atoms. The van der Waals surface area contributed by atoms with Crippen LogP contribution in [0.5, 0.6) is 5.75 Å². The van der Waals surface area contributed by atoms with E-state index in [0.29, 0.717) is 11.4 Å². The van der Waals surface area contributed by atoms with Gasteiger partial charge in [-0.15, -0.1) is 0 Å². The van der Waals surface area contributed by atoms with Crippen LogP contribution in [0.15, 0.2) is 6.07 Å². The Hall–Kier alpha value is -2.02. The minimum atomic E-state index is -1.07. The average molecular weight is 260 g/mol. The summed E-state index contributed by atoms with van der Waals surface area (Å²) in [6, 6.07) is 3.98. The van der Waals surface area contributed by atoms with E-state index in [0.717, 1.165) is 16.7 Å². The maximum absolute atomic E-state index is 12.1. The molecule has 0 saturated carbocycles. The Morgan fingerprint density at radius 3 is 2.37 bits per heavy atom. The summed E-state index contributed by atoms with van der Waals surface area (Å²) in [5, 5.41) is 11.8. The fourth-order valence-electron chi connectivity index (χ4n) is 1.78. The molecule has 4 nitrogen and oxygen atoms in total. The van der Waals surface area contributed by atoms with Crippen molar-refractivity contribution in [3.05, 3.63) is 22.8 Å². The fourth-order valence-corrected chi connectivity index (χ4v) is 1.78. The Balaban J connectivity index is 3.27. The lowest BCUT2D eigenvalue weighted by Crippen LogP contribution is -2.29. The molecule has 0 radical (unpaired) electrons. The number of benzene rings is 1. The molecule has 19 heavy (non-hydrogen) atoms. The number of amides is 1. The van der Waals surface area contributed by atoms with Gasteiger partial charge in [0.2, 0.25) is 5.91 Å². The quantitative estimate of drug-likeness (QED) is 0.908. The molecule has 102 valence electrons. The Morgan fingerprint density at radius 1 is 1.32 bits per heavy atom. The third-order valence-corrected chi connectivity index (χ3v) is 3.28. The van der Waals surface area contributed by atoms with E-state index >= 15 is 0 Å². The Morgan fingerprint density at radius 2 is 1.89 bits per heavy atom. The molecule has 1 aromatic rings. The molecule has 0 spiro atoms. The third kappa shape index (κ3) is 2.87. The molecular weight excluding hydrogens is 240 g/mol. The Labute approximate surface area is 114 Å². The number of hydrogen-bond acceptors (Lipinski definition) is 3. The minimum absolute atomic E-state index is 0.334. The van der Waals surface area contributed by atoms with Gasteiger partial charge in [-0.25, -0.2) is 0 Å². The van der Waals surface area contributed by atoms with Gasteiger partial charge in [0, 0.05) is 0 Å². The van der Waals surface area contributed by atoms with Crippen LogP contribution in [0.2, 0.25) is 0 Å². The summed E-state index contributed by atoms with van der Waals surface area (Å²) in [4.78, 5) is 12.1. The second-order valence-electron chi connectivity index (χ2n) is 5.23. The van der Waals surface area contributed by atoms with Crippen molar-refractivity contribution in [1.82, 2.24) is 0 Å². The van der Waals surface area contributed by atoms with Gasteiger partial charge in [-0.05, 0) is 51.3 Å². The number of carbonyl (C=O) groups is 1. The van der Waals surface area contributed by atoms with Gasteiger partial charge in [-0.2, -0.15) is 5.26 Å². The molecule has 1 aromatic carbocycles. The molecule has 1 amide bonds. The second kappa shape index (κ2) is 5.31. The molecule has 0 aliphatic rings. The van der Waals surface area contributed by atoms with E-state index in [1.165, 1.54) is 0 Å². The van der Waals surface area contributed by atoms with Crippen LogP contribution in [0, 0.1) is 37.5 Å². The van der Waals surface area contributed by atoms with Gasteiger partial charge in [-0.1, -0.05) is 6.07 Å². The monoisotopic (exact) mass is 260 g/mol. The van der Waals surface area contributed by atoms with Gasteiger partial charge in [0.15, 0.2) is 0 Å². The first-order chi connectivity index (χ1) is 8.74. The average Bonchev–Trinajstić information content (AvgIpc) is 2.36. The number of rotatable bonds is 3. The second-order valence-corrected chi connectivity index (χ2v) is 5.23. The van der Waals surface area contributed by atoms with Crippen LogP contribution in [0.25, 0.3) is 0 Å². The first kappa shape index (κ1) is 15.0. The van der Waals surface area contributed by atoms with E-state index in [-0.39, 0.29) is 5.91 Å². The molecule has 1 rings (SSSR count). The lowest BCUT2D eigenvalue weighted by molar-refractivity contribution is -0.121. The molecule has 0 fully saturated rings. The summed E-state index contributed by atoms with van der Waals surface area (Å²) in [7, 11) is 1.58. The normalized spacial score (nSPS) is 10.8. The van der Waals surface area contributed by atoms with Crippen molar-refractivity contribution in [1.29, 1.82) is 5.26 Å². The van der Waals surface area contributed by atoms with E-state index < -0.39 is 5.41 Å². The number of anilines is 1. The smallest absolute Gasteiger partial charge is 0.244 e. The number of aryl methyl sites for hydroxylation is 2. The van der Waals surface area contributed by atoms with Crippen LogP contribution < -0.4 is 10.1 Å². The van der Waals surface area contributed by atoms with Gasteiger partial charge in [0.05, 0.1) is 18.9 Å². The van der Waals surface area contributed by atoms with Gasteiger partial charge >= 0.3 is 0 Å². The summed E-state index contributed by atoms with van der Waals surface area (Å²) in [5.74, 6) is 0.319. The largest absolute Gasteiger partial charge is 0.494 e. The molecule has 4 heteroatoms. The number of methoxy groups -OCH3 is 1. The van der Waals surface area contributed by atoms with Crippen LogP contribution in [0.3, 0.4) is 0 Å². The predicted octanol–water partition coefficient (Wildman–Crippen LogP) is 3.11. The zero-order valence-electron chi connectivity index (χ0n) is 12.3. The summed E-state index contributed by atoms with van der Waals surface area (Å²) < 4.78 is 5.39. The predicted molar refractivity (Wildman–Crippen MR) is 75.2 cm³/mol. The van der Waals surface area contributed by atoms with Gasteiger partial charge in [0.1, 0.15) is 11.2 Å². The van der Waals surface area contributed by atoms with Gasteiger partial charge in [0.25, 0.3) is 0 Å². The number of ether oxygens (including phenoxy) is 1. The highest BCUT2D eigenvalue weighted by Gasteiger charge is 2.28. The van der Waals surface area contributed by atoms with Gasteiger partial charge in [-0.3, -0.25) is 4.79 Å². The van der Waals surface area contributed by atoms with Crippen molar-refractivity contribution in [2.45, 2.75) is 34.6 Å². The van der Waals surface area contributed by atoms with Crippen LogP contribution in [0.1, 0.15) is 30.5 Å². The van der Waals surface area contributed by atoms with Crippen molar-refractivity contribution in [2.24, 2.45) is 5.41 Å². The molecule has 0 aliphatic heterocycles. The first-order valence-electron chi connectivity index (χ1n) is 6.12. The highest BCUT2D eigenvalue weighted by Crippen LogP contribution is 2.35. The molecule has 0 unspecified atom stereocenters. The van der Waals surface area contributed by atoms with Gasteiger partial charge < -0.3 is 10.1 Å². The third-order valence-electron chi connectivity index (χ3n) is 3.28. The van der Waals surface area contributed by atoms with E-state index in [1.807, 2.05) is 32.9 Å². The summed E-state index contributed by atoms with van der Waals surface area (Å²) >= 11 is 0. The summed E-state index contributed by atoms with van der Waals surface area (Å²) in [6.07, 6.45) is 0. The maximum Gasteiger partial charge on any atom is 0.244 e. The fraction of sp³-hybridized carbons (Fsp3) is 0.467. The van der Waals surface area contributed by atoms with Crippen LogP contribution in [-0.4, -0.2) is 13.0 Å². The molecular formula is C15H20N2O2. The van der Waals surface area contributed by atoms with Crippen molar-refractivity contribution < 1.29 is 9.53 Å². The maximum atomic E-state index is 12.1. The zero-order chi connectivity index (χ0) is 14.8. The van der Waals surface area contributed by atoms with Crippen molar-refractivity contribution in [3.8, 4) is 11.8 Å². The molecule has 0 aromatic heterocycles. The van der Waals surface area contributed by atoms with E-state index in [2.05, 4.69) is 5.32 Å². The molecule has 0 heterocycles. The number of nitriles is 1. The minimum Gasteiger partial charge on any atom is -0.494 e. The van der Waals surface area contributed by atoms with Crippen molar-refractivity contribution in [3.63, 3.8) is 0 Å². The lowest BCUT2D eigenvalue weighted by Gasteiger charge is -2.20. The van der Waals surface area contributed by atoms with E-state index in [9.17, 15) is 4.79 Å². The van der Waals surface area contributed by atoms with Crippen LogP contribution in [0.4, 0.5) is 5.69 Å². The number of nitrogens with one attached hydrogen (secondary N) is 1. The summed E-state index contributed by atoms with van der Waals surface area (Å²) in [6.45, 7) is 9.02. The highest BCUT2D eigenvalue weighted by atomic mass is 16.5. The standard InChI is InChI=1S/C15H20N2O2/c1-9-7-10(2)12(13(19-6)11(9)3)17-14(18)15(4,5)8-16/h7H,1-6H3,(H,17,18). The Bertz CT molecular complexity index is 554. The summed E-state index contributed by atoms with van der Waals surface area (Å²) in [5.41, 5.74) is 2.57. The molecule has 0 atom stereocenters. The van der Waals surface area contributed by atoms with Crippen LogP contribution in [-0.2, 0) is 4.79 Å². The molecule has 0 aliphatic carbocycles. The van der Waals surface area contributed by atoms with E-state index in [4.69, 9.17) is 10.00 Å². The van der Waals surface area contributed by atoms with E-state index in [1.54, 1.807) is 21.0 Å². The Kier molecular flexibility index (Phi) is 4.21. The van der Waals surface area contributed by atoms with Crippen molar-refractivity contribution in [2.75, 3.05) is 12.4 Å². The molecule has 0 saturated heterocycles. The number of hydrogen-bond donors (Lipinski definition) is 1.